The number of aromatic nitrogens is 2. The summed E-state index contributed by atoms with van der Waals surface area (Å²) in [6.45, 7) is 3.72. The number of aryl methyl sites for hydroxylation is 2. The van der Waals surface area contributed by atoms with Crippen LogP contribution in [0, 0.1) is 13.8 Å². The molecule has 0 saturated heterocycles. The fourth-order valence-electron chi connectivity index (χ4n) is 1.70. The molecule has 1 N–H and O–H groups in total. The summed E-state index contributed by atoms with van der Waals surface area (Å²) in [6.07, 6.45) is 0. The van der Waals surface area contributed by atoms with Crippen LogP contribution in [0.2, 0.25) is 0 Å². The smallest absolute Gasteiger partial charge is 0.258 e. The number of hydrogen-bond donors (Lipinski definition) is 1. The summed E-state index contributed by atoms with van der Waals surface area (Å²) in [4.78, 5) is 20.4. The number of nitrogens with zero attached hydrogens (tertiary/aromatic N) is 2. The molecule has 1 heterocycles. The number of amides is 1. The molecule has 0 spiro atoms. The van der Waals surface area contributed by atoms with Gasteiger partial charge in [0.1, 0.15) is 0 Å². The van der Waals surface area contributed by atoms with Gasteiger partial charge in [-0.3, -0.25) is 10.1 Å². The number of halogens is 1. The van der Waals surface area contributed by atoms with Crippen LogP contribution < -0.4 is 5.32 Å². The van der Waals surface area contributed by atoms with E-state index in [4.69, 9.17) is 11.6 Å². The molecule has 0 atom stereocenters. The normalized spacial score (nSPS) is 10.3. The topological polar surface area (TPSA) is 54.9 Å². The minimum absolute atomic E-state index is 0.230. The third-order valence-electron chi connectivity index (χ3n) is 2.58. The van der Waals surface area contributed by atoms with Crippen LogP contribution in [-0.4, -0.2) is 15.9 Å². The van der Waals surface area contributed by atoms with E-state index in [0.29, 0.717) is 17.4 Å². The van der Waals surface area contributed by atoms with Gasteiger partial charge in [-0.05, 0) is 37.6 Å². The van der Waals surface area contributed by atoms with Crippen molar-refractivity contribution in [2.75, 3.05) is 5.32 Å². The molecule has 2 rings (SSSR count). The van der Waals surface area contributed by atoms with Crippen LogP contribution in [0.3, 0.4) is 0 Å². The van der Waals surface area contributed by atoms with E-state index in [2.05, 4.69) is 15.3 Å². The maximum Gasteiger partial charge on any atom is 0.258 e. The summed E-state index contributed by atoms with van der Waals surface area (Å²) in [7, 11) is 0. The molecule has 0 unspecified atom stereocenters. The number of nitrogens with one attached hydrogen (secondary N) is 1. The molecule has 98 valence electrons. The average Bonchev–Trinajstić information content (AvgIpc) is 2.37. The van der Waals surface area contributed by atoms with Gasteiger partial charge >= 0.3 is 0 Å². The van der Waals surface area contributed by atoms with Crippen LogP contribution in [0.5, 0.6) is 0 Å². The number of hydrogen-bond acceptors (Lipinski definition) is 3. The van der Waals surface area contributed by atoms with E-state index in [1.807, 2.05) is 32.0 Å². The number of benzene rings is 1. The van der Waals surface area contributed by atoms with Crippen LogP contribution in [0.15, 0.2) is 30.3 Å². The Bertz CT molecular complexity index is 576. The van der Waals surface area contributed by atoms with E-state index in [1.165, 1.54) is 0 Å². The Labute approximate surface area is 116 Å². The van der Waals surface area contributed by atoms with Gasteiger partial charge in [0.2, 0.25) is 5.95 Å². The molecule has 0 saturated carbocycles. The quantitative estimate of drug-likeness (QED) is 0.876. The Morgan fingerprint density at radius 1 is 1.16 bits per heavy atom. The monoisotopic (exact) mass is 275 g/mol. The molecule has 2 aromatic rings. The lowest BCUT2D eigenvalue weighted by Gasteiger charge is -2.06. The molecular weight excluding hydrogens is 262 g/mol. The highest BCUT2D eigenvalue weighted by molar-refractivity contribution is 6.17. The Balaban J connectivity index is 2.15. The first-order chi connectivity index (χ1) is 9.08. The molecule has 0 radical (unpaired) electrons. The molecule has 1 aromatic carbocycles. The zero-order valence-electron chi connectivity index (χ0n) is 10.8. The van der Waals surface area contributed by atoms with Crippen LogP contribution in [0.1, 0.15) is 27.3 Å². The van der Waals surface area contributed by atoms with Gasteiger partial charge in [-0.2, -0.15) is 0 Å². The fraction of sp³-hybridized carbons (Fsp3) is 0.214. The molecule has 4 nitrogen and oxygen atoms in total. The average molecular weight is 276 g/mol. The second-order valence-electron chi connectivity index (χ2n) is 4.26. The number of carbonyl (C=O) groups excluding carboxylic acids is 1. The lowest BCUT2D eigenvalue weighted by Crippen LogP contribution is -2.14. The molecule has 19 heavy (non-hydrogen) atoms. The summed E-state index contributed by atoms with van der Waals surface area (Å²) < 4.78 is 0. The molecule has 5 heteroatoms. The standard InChI is InChI=1S/C14H14ClN3O/c1-9-7-10(2)17-14(16-9)18-13(19)12-5-3-11(8-15)4-6-12/h3-7H,8H2,1-2H3,(H,16,17,18,19). The number of rotatable bonds is 3. The van der Waals surface area contributed by atoms with E-state index in [9.17, 15) is 4.79 Å². The number of alkyl halides is 1. The molecule has 0 aliphatic rings. The van der Waals surface area contributed by atoms with Crippen molar-refractivity contribution in [3.05, 3.63) is 52.8 Å². The van der Waals surface area contributed by atoms with Gasteiger partial charge in [-0.25, -0.2) is 9.97 Å². The second-order valence-corrected chi connectivity index (χ2v) is 4.53. The van der Waals surface area contributed by atoms with Crippen LogP contribution in [0.4, 0.5) is 5.95 Å². The van der Waals surface area contributed by atoms with E-state index < -0.39 is 0 Å². The molecule has 0 aliphatic heterocycles. The van der Waals surface area contributed by atoms with Crippen molar-refractivity contribution in [2.45, 2.75) is 19.7 Å². The Morgan fingerprint density at radius 2 is 1.74 bits per heavy atom. The Morgan fingerprint density at radius 3 is 2.26 bits per heavy atom. The predicted molar refractivity (Wildman–Crippen MR) is 75.5 cm³/mol. The van der Waals surface area contributed by atoms with Gasteiger partial charge in [-0.1, -0.05) is 12.1 Å². The van der Waals surface area contributed by atoms with Gasteiger partial charge in [0.15, 0.2) is 0 Å². The van der Waals surface area contributed by atoms with Crippen molar-refractivity contribution in [1.82, 2.24) is 9.97 Å². The lowest BCUT2D eigenvalue weighted by atomic mass is 10.1. The lowest BCUT2D eigenvalue weighted by molar-refractivity contribution is 0.102. The molecule has 0 aliphatic carbocycles. The molecule has 1 aromatic heterocycles. The number of anilines is 1. The summed E-state index contributed by atoms with van der Waals surface area (Å²) in [5, 5.41) is 2.68. The summed E-state index contributed by atoms with van der Waals surface area (Å²) in [5.74, 6) is 0.525. The van der Waals surface area contributed by atoms with Gasteiger partial charge in [0.05, 0.1) is 0 Å². The van der Waals surface area contributed by atoms with Crippen LogP contribution in [0.25, 0.3) is 0 Å². The SMILES string of the molecule is Cc1cc(C)nc(NC(=O)c2ccc(CCl)cc2)n1. The molecule has 0 fully saturated rings. The zero-order valence-corrected chi connectivity index (χ0v) is 11.5. The van der Waals surface area contributed by atoms with Crippen LogP contribution >= 0.6 is 11.6 Å². The van der Waals surface area contributed by atoms with Gasteiger partial charge in [-0.15, -0.1) is 11.6 Å². The highest BCUT2D eigenvalue weighted by Crippen LogP contribution is 2.09. The summed E-state index contributed by atoms with van der Waals surface area (Å²) in [5.41, 5.74) is 3.16. The van der Waals surface area contributed by atoms with E-state index in [-0.39, 0.29) is 5.91 Å². The maximum absolute atomic E-state index is 12.0. The van der Waals surface area contributed by atoms with Crippen molar-refractivity contribution in [2.24, 2.45) is 0 Å². The van der Waals surface area contributed by atoms with Gasteiger partial charge in [0, 0.05) is 22.8 Å². The highest BCUT2D eigenvalue weighted by Gasteiger charge is 2.08. The maximum atomic E-state index is 12.0. The predicted octanol–water partition coefficient (Wildman–Crippen LogP) is 3.08. The highest BCUT2D eigenvalue weighted by atomic mass is 35.5. The van der Waals surface area contributed by atoms with E-state index in [0.717, 1.165) is 17.0 Å². The first-order valence-corrected chi connectivity index (χ1v) is 6.40. The van der Waals surface area contributed by atoms with Crippen LogP contribution in [-0.2, 0) is 5.88 Å². The zero-order chi connectivity index (χ0) is 13.8. The molecule has 1 amide bonds. The summed E-state index contributed by atoms with van der Waals surface area (Å²) >= 11 is 5.70. The van der Waals surface area contributed by atoms with Crippen molar-refractivity contribution in [3.63, 3.8) is 0 Å². The first-order valence-electron chi connectivity index (χ1n) is 5.87. The van der Waals surface area contributed by atoms with Gasteiger partial charge in [0.25, 0.3) is 5.91 Å². The van der Waals surface area contributed by atoms with Crippen molar-refractivity contribution in [1.29, 1.82) is 0 Å². The Kier molecular flexibility index (Phi) is 4.12. The van der Waals surface area contributed by atoms with Gasteiger partial charge < -0.3 is 0 Å². The largest absolute Gasteiger partial charge is 0.290 e. The molecule has 0 bridgehead atoms. The third kappa shape index (κ3) is 3.51. The third-order valence-corrected chi connectivity index (χ3v) is 2.89. The minimum atomic E-state index is -0.230. The van der Waals surface area contributed by atoms with Crippen molar-refractivity contribution < 1.29 is 4.79 Å². The van der Waals surface area contributed by atoms with E-state index >= 15 is 0 Å². The summed E-state index contributed by atoms with van der Waals surface area (Å²) in [6, 6.07) is 8.96. The minimum Gasteiger partial charge on any atom is -0.290 e. The number of carbonyl (C=O) groups is 1. The second kappa shape index (κ2) is 5.80. The van der Waals surface area contributed by atoms with E-state index in [1.54, 1.807) is 12.1 Å². The molecular formula is C14H14ClN3O. The Hall–Kier alpha value is -1.94. The van der Waals surface area contributed by atoms with Crippen molar-refractivity contribution >= 4 is 23.5 Å². The fourth-order valence-corrected chi connectivity index (χ4v) is 1.88. The first kappa shape index (κ1) is 13.5. The van der Waals surface area contributed by atoms with Crippen molar-refractivity contribution in [3.8, 4) is 0 Å².